The van der Waals surface area contributed by atoms with Crippen LogP contribution in [0.3, 0.4) is 0 Å². The summed E-state index contributed by atoms with van der Waals surface area (Å²) in [5.41, 5.74) is 1.01. The molecule has 0 aliphatic carbocycles. The smallest absolute Gasteiger partial charge is 0.308 e. The second-order valence-electron chi connectivity index (χ2n) is 8.39. The van der Waals surface area contributed by atoms with E-state index in [1.165, 1.54) is 17.3 Å². The summed E-state index contributed by atoms with van der Waals surface area (Å²) in [5.74, 6) is 1.42. The predicted molar refractivity (Wildman–Crippen MR) is 107 cm³/mol. The second kappa shape index (κ2) is 6.08. The average molecular weight is 364 g/mol. The van der Waals surface area contributed by atoms with Gasteiger partial charge in [-0.3, -0.25) is 4.79 Å². The summed E-state index contributed by atoms with van der Waals surface area (Å²) in [5, 5.41) is 3.48. The van der Waals surface area contributed by atoms with Gasteiger partial charge in [-0.1, -0.05) is 39.3 Å². The van der Waals surface area contributed by atoms with Crippen LogP contribution in [0.4, 0.5) is 0 Å². The Balaban J connectivity index is 3.14. The van der Waals surface area contributed by atoms with Crippen LogP contribution in [0.25, 0.3) is 10.9 Å². The number of benzene rings is 1. The molecule has 0 aliphatic rings. The van der Waals surface area contributed by atoms with Crippen molar-refractivity contribution in [2.45, 2.75) is 46.2 Å². The van der Waals surface area contributed by atoms with Gasteiger partial charge in [0.25, 0.3) is 0 Å². The number of hydrogen-bond acceptors (Lipinski definition) is 3. The number of carbonyl (C=O) groups is 1. The van der Waals surface area contributed by atoms with Gasteiger partial charge in [0.1, 0.15) is 11.5 Å². The average Bonchev–Trinajstić information content (AvgIpc) is 2.77. The Morgan fingerprint density at radius 3 is 1.92 bits per heavy atom. The van der Waals surface area contributed by atoms with Crippen molar-refractivity contribution in [2.24, 2.45) is 7.05 Å². The van der Waals surface area contributed by atoms with Crippen LogP contribution in [0.5, 0.6) is 11.5 Å². The highest BCUT2D eigenvalue weighted by Gasteiger charge is 2.37. The quantitative estimate of drug-likeness (QED) is 0.476. The summed E-state index contributed by atoms with van der Waals surface area (Å²) in [7, 11) is 0.215. The van der Waals surface area contributed by atoms with Gasteiger partial charge >= 0.3 is 5.97 Å². The van der Waals surface area contributed by atoms with Crippen molar-refractivity contribution < 1.29 is 14.3 Å². The molecule has 24 heavy (non-hydrogen) atoms. The normalized spacial score (nSPS) is 12.5. The van der Waals surface area contributed by atoms with E-state index >= 15 is 0 Å². The van der Waals surface area contributed by atoms with Gasteiger partial charge in [0.2, 0.25) is 0 Å². The van der Waals surface area contributed by atoms with E-state index in [0.717, 1.165) is 22.4 Å². The van der Waals surface area contributed by atoms with Crippen molar-refractivity contribution in [1.29, 1.82) is 0 Å². The SMILES string of the molecule is COc1c([Si](C)(C)C)c([Si](C)(C)C)c(OC(C)=O)c2ccn(C)c12. The fraction of sp³-hybridized carbons (Fsp3) is 0.500. The van der Waals surface area contributed by atoms with Crippen molar-refractivity contribution in [3.63, 3.8) is 0 Å². The first-order valence-electron chi connectivity index (χ1n) is 8.28. The van der Waals surface area contributed by atoms with E-state index in [2.05, 4.69) is 43.8 Å². The van der Waals surface area contributed by atoms with Gasteiger partial charge < -0.3 is 14.0 Å². The maximum absolute atomic E-state index is 11.8. The van der Waals surface area contributed by atoms with E-state index in [9.17, 15) is 4.79 Å². The molecule has 0 bridgehead atoms. The third kappa shape index (κ3) is 3.17. The maximum Gasteiger partial charge on any atom is 0.308 e. The van der Waals surface area contributed by atoms with Gasteiger partial charge in [-0.15, -0.1) is 0 Å². The Bertz CT molecular complexity index is 795. The number of esters is 1. The van der Waals surface area contributed by atoms with Gasteiger partial charge in [0, 0.05) is 25.6 Å². The zero-order chi connectivity index (χ0) is 18.4. The summed E-state index contributed by atoms with van der Waals surface area (Å²) in [6, 6.07) is 2.02. The van der Waals surface area contributed by atoms with Crippen LogP contribution in [-0.4, -0.2) is 33.8 Å². The van der Waals surface area contributed by atoms with E-state index in [-0.39, 0.29) is 5.97 Å². The number of ether oxygens (including phenoxy) is 2. The lowest BCUT2D eigenvalue weighted by Crippen LogP contribution is -2.57. The Hall–Kier alpha value is -1.54. The van der Waals surface area contributed by atoms with Crippen LogP contribution in [0.1, 0.15) is 6.92 Å². The molecule has 1 heterocycles. The first kappa shape index (κ1) is 18.8. The molecule has 2 aromatic rings. The van der Waals surface area contributed by atoms with Crippen molar-refractivity contribution >= 4 is 43.4 Å². The minimum atomic E-state index is -1.79. The number of fused-ring (bicyclic) bond motifs is 1. The Morgan fingerprint density at radius 1 is 1.00 bits per heavy atom. The van der Waals surface area contributed by atoms with Crippen LogP contribution < -0.4 is 19.8 Å². The third-order valence-electron chi connectivity index (χ3n) is 4.19. The van der Waals surface area contributed by atoms with E-state index in [0.29, 0.717) is 0 Å². The zero-order valence-electron chi connectivity index (χ0n) is 16.3. The topological polar surface area (TPSA) is 40.5 Å². The molecular weight excluding hydrogens is 334 g/mol. The Labute approximate surface area is 146 Å². The zero-order valence-corrected chi connectivity index (χ0v) is 18.3. The molecule has 0 atom stereocenters. The first-order chi connectivity index (χ1) is 10.9. The van der Waals surface area contributed by atoms with Gasteiger partial charge in [-0.2, -0.15) is 0 Å². The molecule has 0 unspecified atom stereocenters. The standard InChI is InChI=1S/C18H29NO3Si2/c1-12(20)22-15-13-10-11-19(2)14(13)16(21-3)18(24(7,8)9)17(15)23(4,5)6/h10-11H,1-9H3. The lowest BCUT2D eigenvalue weighted by Gasteiger charge is -2.32. The van der Waals surface area contributed by atoms with E-state index in [1.54, 1.807) is 7.11 Å². The van der Waals surface area contributed by atoms with Crippen LogP contribution in [0.15, 0.2) is 12.3 Å². The van der Waals surface area contributed by atoms with Gasteiger partial charge in [-0.25, -0.2) is 0 Å². The molecule has 4 nitrogen and oxygen atoms in total. The first-order valence-corrected chi connectivity index (χ1v) is 15.3. The molecule has 2 rings (SSSR count). The molecule has 1 aromatic carbocycles. The van der Waals surface area contributed by atoms with E-state index in [4.69, 9.17) is 9.47 Å². The fourth-order valence-electron chi connectivity index (χ4n) is 3.36. The van der Waals surface area contributed by atoms with Crippen LogP contribution in [-0.2, 0) is 11.8 Å². The molecule has 6 heteroatoms. The van der Waals surface area contributed by atoms with Crippen LogP contribution >= 0.6 is 0 Å². The highest BCUT2D eigenvalue weighted by atomic mass is 28.3. The summed E-state index contributed by atoms with van der Waals surface area (Å²) in [6.07, 6.45) is 2.00. The molecule has 0 spiro atoms. The second-order valence-corrected chi connectivity index (χ2v) is 18.4. The van der Waals surface area contributed by atoms with Crippen molar-refractivity contribution in [3.8, 4) is 11.5 Å². The monoisotopic (exact) mass is 363 g/mol. The van der Waals surface area contributed by atoms with Crippen molar-refractivity contribution in [3.05, 3.63) is 12.3 Å². The number of rotatable bonds is 4. The molecule has 0 radical (unpaired) electrons. The van der Waals surface area contributed by atoms with Gasteiger partial charge in [0.05, 0.1) is 28.8 Å². The Kier molecular flexibility index (Phi) is 4.76. The highest BCUT2D eigenvalue weighted by Crippen LogP contribution is 2.34. The van der Waals surface area contributed by atoms with Gasteiger partial charge in [-0.05, 0) is 16.4 Å². The highest BCUT2D eigenvalue weighted by molar-refractivity contribution is 6.99. The number of methoxy groups -OCH3 is 1. The molecule has 0 fully saturated rings. The van der Waals surface area contributed by atoms with Gasteiger partial charge in [0.15, 0.2) is 0 Å². The molecule has 0 aliphatic heterocycles. The molecule has 1 aromatic heterocycles. The fourth-order valence-corrected chi connectivity index (χ4v) is 9.10. The minimum Gasteiger partial charge on any atom is -0.495 e. The number of carbonyl (C=O) groups excluding carboxylic acids is 1. The van der Waals surface area contributed by atoms with Crippen LogP contribution in [0, 0.1) is 0 Å². The summed E-state index contributed by atoms with van der Waals surface area (Å²) in [6.45, 7) is 15.3. The number of hydrogen-bond donors (Lipinski definition) is 0. The third-order valence-corrected chi connectivity index (χ3v) is 8.39. The lowest BCUT2D eigenvalue weighted by molar-refractivity contribution is -0.131. The molecular formula is C18H29NO3Si2. The molecule has 0 saturated carbocycles. The minimum absolute atomic E-state index is 0.272. The molecule has 132 valence electrons. The molecule has 0 saturated heterocycles. The number of aryl methyl sites for hydroxylation is 1. The number of aromatic nitrogens is 1. The van der Waals surface area contributed by atoms with E-state index in [1.807, 2.05) is 19.3 Å². The van der Waals surface area contributed by atoms with Crippen molar-refractivity contribution in [1.82, 2.24) is 4.57 Å². The maximum atomic E-state index is 11.8. The van der Waals surface area contributed by atoms with Crippen molar-refractivity contribution in [2.75, 3.05) is 7.11 Å². The summed E-state index contributed by atoms with van der Waals surface area (Å²) < 4.78 is 13.8. The Morgan fingerprint density at radius 2 is 1.50 bits per heavy atom. The molecule has 0 N–H and O–H groups in total. The van der Waals surface area contributed by atoms with E-state index < -0.39 is 16.1 Å². The summed E-state index contributed by atoms with van der Waals surface area (Å²) >= 11 is 0. The predicted octanol–water partition coefficient (Wildman–Crippen LogP) is 3.20. The molecule has 0 amide bonds. The summed E-state index contributed by atoms with van der Waals surface area (Å²) in [4.78, 5) is 11.8. The van der Waals surface area contributed by atoms with Crippen LogP contribution in [0.2, 0.25) is 39.3 Å². The number of nitrogens with zero attached hydrogens (tertiary/aromatic N) is 1. The lowest BCUT2D eigenvalue weighted by atomic mass is 10.2. The largest absolute Gasteiger partial charge is 0.495 e.